The number of nitrogens with one attached hydrogen (secondary N) is 1. The molecule has 142 valence electrons. The lowest BCUT2D eigenvalue weighted by atomic mass is 10.3. The van der Waals surface area contributed by atoms with E-state index in [0.29, 0.717) is 10.6 Å². The van der Waals surface area contributed by atoms with Crippen LogP contribution >= 0.6 is 12.6 Å². The van der Waals surface area contributed by atoms with E-state index in [4.69, 9.17) is 4.74 Å². The van der Waals surface area contributed by atoms with Gasteiger partial charge in [0.15, 0.2) is 11.3 Å². The van der Waals surface area contributed by atoms with Gasteiger partial charge in [0.2, 0.25) is 0 Å². The van der Waals surface area contributed by atoms with Gasteiger partial charge in [-0.25, -0.2) is 31.9 Å². The number of fused-ring (bicyclic) bond motifs is 1. The molecule has 0 aliphatic rings. The van der Waals surface area contributed by atoms with Crippen molar-refractivity contribution >= 4 is 30.2 Å². The van der Waals surface area contributed by atoms with E-state index >= 15 is 0 Å². The lowest BCUT2D eigenvalue weighted by Crippen LogP contribution is -2.43. The van der Waals surface area contributed by atoms with Crippen LogP contribution in [0.5, 0.6) is 0 Å². The molecule has 0 fully saturated rings. The second-order valence-electron chi connectivity index (χ2n) is 4.97. The van der Waals surface area contributed by atoms with Crippen molar-refractivity contribution in [2.45, 2.75) is 25.8 Å². The van der Waals surface area contributed by atoms with Gasteiger partial charge in [0.25, 0.3) is 18.8 Å². The molecule has 0 aliphatic carbocycles. The number of halogens is 4. The first-order valence-electron chi connectivity index (χ1n) is 7.33. The Labute approximate surface area is 150 Å². The Morgan fingerprint density at radius 2 is 1.96 bits per heavy atom. The molecular weight excluding hydrogens is 380 g/mol. The van der Waals surface area contributed by atoms with Crippen LogP contribution in [0.4, 0.5) is 17.6 Å². The maximum atomic E-state index is 13.1. The summed E-state index contributed by atoms with van der Waals surface area (Å²) in [6.45, 7) is 1.67. The Balaban J connectivity index is 2.36. The molecule has 7 nitrogen and oxygen atoms in total. The summed E-state index contributed by atoms with van der Waals surface area (Å²) in [5.41, 5.74) is -2.41. The molecule has 0 saturated carbocycles. The first-order chi connectivity index (χ1) is 12.3. The molecule has 26 heavy (non-hydrogen) atoms. The van der Waals surface area contributed by atoms with Crippen LogP contribution in [0, 0.1) is 0 Å². The molecule has 12 heteroatoms. The molecule has 0 aromatic carbocycles. The average molecular weight is 394 g/mol. The van der Waals surface area contributed by atoms with Gasteiger partial charge >= 0.3 is 5.97 Å². The number of thiol groups is 1. The third-order valence-corrected chi connectivity index (χ3v) is 3.58. The van der Waals surface area contributed by atoms with Crippen molar-refractivity contribution < 1.29 is 31.9 Å². The molecule has 0 aliphatic heterocycles. The molecule has 0 unspecified atom stereocenters. The van der Waals surface area contributed by atoms with Crippen molar-refractivity contribution in [2.24, 2.45) is 0 Å². The highest BCUT2D eigenvalue weighted by atomic mass is 32.1. The number of hydrogen-bond donors (Lipinski definition) is 2. The second kappa shape index (κ2) is 8.34. The average Bonchev–Trinajstić information content (AvgIpc) is 3.02. The molecule has 1 amide bonds. The molecule has 1 N–H and O–H groups in total. The zero-order valence-electron chi connectivity index (χ0n) is 13.3. The first kappa shape index (κ1) is 19.9. The summed E-state index contributed by atoms with van der Waals surface area (Å²) < 4.78 is 57.2. The van der Waals surface area contributed by atoms with E-state index in [1.54, 1.807) is 6.92 Å². The van der Waals surface area contributed by atoms with E-state index in [2.05, 4.69) is 28.0 Å². The minimum Gasteiger partial charge on any atom is -0.464 e. The van der Waals surface area contributed by atoms with Crippen molar-refractivity contribution in [3.8, 4) is 0 Å². The maximum Gasteiger partial charge on any atom is 0.329 e. The Bertz CT molecular complexity index is 815. The van der Waals surface area contributed by atoms with Crippen molar-refractivity contribution in [1.29, 1.82) is 0 Å². The zero-order valence-corrected chi connectivity index (χ0v) is 14.2. The summed E-state index contributed by atoms with van der Waals surface area (Å²) in [7, 11) is 0. The highest BCUT2D eigenvalue weighted by Gasteiger charge is 2.25. The Morgan fingerprint density at radius 1 is 1.27 bits per heavy atom. The standard InChI is InChI=1S/C14H14F4N4O3S/c1-2-25-14(24)8(5-26)20-13(23)7-4-10-19-6(11(15)16)3-9(12(17)18)22(10)21-7/h3-4,8,11-12,26H,2,5H2,1H3,(H,20,23)/t8-/m0/s1. The van der Waals surface area contributed by atoms with Crippen molar-refractivity contribution in [1.82, 2.24) is 19.9 Å². The largest absolute Gasteiger partial charge is 0.464 e. The number of alkyl halides is 4. The van der Waals surface area contributed by atoms with Gasteiger partial charge in [-0.15, -0.1) is 0 Å². The summed E-state index contributed by atoms with van der Waals surface area (Å²) in [4.78, 5) is 27.4. The highest BCUT2D eigenvalue weighted by molar-refractivity contribution is 7.80. The van der Waals surface area contributed by atoms with E-state index in [0.717, 1.165) is 6.07 Å². The Morgan fingerprint density at radius 3 is 2.50 bits per heavy atom. The number of carbonyl (C=O) groups is 2. The molecule has 0 spiro atoms. The van der Waals surface area contributed by atoms with Gasteiger partial charge < -0.3 is 10.1 Å². The van der Waals surface area contributed by atoms with Gasteiger partial charge in [-0.3, -0.25) is 4.79 Å². The van der Waals surface area contributed by atoms with Gasteiger partial charge in [-0.1, -0.05) is 0 Å². The predicted molar refractivity (Wildman–Crippen MR) is 84.6 cm³/mol. The monoisotopic (exact) mass is 394 g/mol. The van der Waals surface area contributed by atoms with Crippen LogP contribution in [0.2, 0.25) is 0 Å². The third-order valence-electron chi connectivity index (χ3n) is 3.21. The minimum atomic E-state index is -3.11. The Hall–Kier alpha value is -2.37. The fourth-order valence-electron chi connectivity index (χ4n) is 2.05. The van der Waals surface area contributed by atoms with Crippen LogP contribution in [0.25, 0.3) is 5.65 Å². The van der Waals surface area contributed by atoms with E-state index in [1.165, 1.54) is 0 Å². The van der Waals surface area contributed by atoms with E-state index < -0.39 is 42.2 Å². The lowest BCUT2D eigenvalue weighted by molar-refractivity contribution is -0.144. The van der Waals surface area contributed by atoms with Crippen LogP contribution < -0.4 is 5.32 Å². The second-order valence-corrected chi connectivity index (χ2v) is 5.33. The lowest BCUT2D eigenvalue weighted by Gasteiger charge is -2.13. The number of ether oxygens (including phenoxy) is 1. The minimum absolute atomic E-state index is 0.0754. The fraction of sp³-hybridized carbons (Fsp3) is 0.429. The highest BCUT2D eigenvalue weighted by Crippen LogP contribution is 2.25. The van der Waals surface area contributed by atoms with Crippen LogP contribution in [0.3, 0.4) is 0 Å². The SMILES string of the molecule is CCOC(=O)[C@H](CS)NC(=O)c1cc2nc(C(F)F)cc(C(F)F)n2n1. The van der Waals surface area contributed by atoms with Crippen molar-refractivity contribution in [2.75, 3.05) is 12.4 Å². The van der Waals surface area contributed by atoms with Crippen LogP contribution in [-0.2, 0) is 9.53 Å². The molecule has 2 rings (SSSR count). The van der Waals surface area contributed by atoms with Crippen LogP contribution in [0.15, 0.2) is 12.1 Å². The van der Waals surface area contributed by atoms with Crippen molar-refractivity contribution in [3.63, 3.8) is 0 Å². The van der Waals surface area contributed by atoms with Gasteiger partial charge in [0.05, 0.1) is 6.61 Å². The summed E-state index contributed by atoms with van der Waals surface area (Å²) in [6, 6.07) is 0.398. The number of aromatic nitrogens is 3. The molecule has 2 aromatic rings. The molecule has 2 heterocycles. The number of amides is 1. The molecule has 0 bridgehead atoms. The zero-order chi connectivity index (χ0) is 19.4. The van der Waals surface area contributed by atoms with Crippen LogP contribution in [0.1, 0.15) is 41.7 Å². The predicted octanol–water partition coefficient (Wildman–Crippen LogP) is 2.20. The molecule has 0 radical (unpaired) electrons. The first-order valence-corrected chi connectivity index (χ1v) is 7.97. The number of esters is 1. The summed E-state index contributed by atoms with van der Waals surface area (Å²) in [6.07, 6.45) is -6.18. The third kappa shape index (κ3) is 4.23. The fourth-order valence-corrected chi connectivity index (χ4v) is 2.29. The number of nitrogens with zero attached hydrogens (tertiary/aromatic N) is 3. The van der Waals surface area contributed by atoms with Crippen molar-refractivity contribution in [3.05, 3.63) is 29.2 Å². The number of hydrogen-bond acceptors (Lipinski definition) is 6. The summed E-state index contributed by atoms with van der Waals surface area (Å²) in [5, 5.41) is 5.95. The maximum absolute atomic E-state index is 13.1. The van der Waals surface area contributed by atoms with Gasteiger partial charge in [-0.05, 0) is 13.0 Å². The smallest absolute Gasteiger partial charge is 0.329 e. The normalized spacial score (nSPS) is 12.6. The van der Waals surface area contributed by atoms with Crippen LogP contribution in [-0.4, -0.2) is 44.9 Å². The van der Waals surface area contributed by atoms with E-state index in [9.17, 15) is 27.2 Å². The molecule has 2 aromatic heterocycles. The number of rotatable bonds is 7. The summed E-state index contributed by atoms with van der Waals surface area (Å²) in [5.74, 6) is -1.69. The topological polar surface area (TPSA) is 85.6 Å². The summed E-state index contributed by atoms with van der Waals surface area (Å²) >= 11 is 3.93. The molecular formula is C14H14F4N4O3S. The van der Waals surface area contributed by atoms with Gasteiger partial charge in [-0.2, -0.15) is 17.7 Å². The quantitative estimate of drug-likeness (QED) is 0.427. The van der Waals surface area contributed by atoms with E-state index in [-0.39, 0.29) is 23.7 Å². The Kier molecular flexibility index (Phi) is 6.40. The van der Waals surface area contributed by atoms with Gasteiger partial charge in [0, 0.05) is 11.8 Å². The molecule has 0 saturated heterocycles. The van der Waals surface area contributed by atoms with Gasteiger partial charge in [0.1, 0.15) is 17.4 Å². The molecule has 1 atom stereocenters. The number of carbonyl (C=O) groups excluding carboxylic acids is 2. The van der Waals surface area contributed by atoms with E-state index in [1.807, 2.05) is 0 Å².